The lowest BCUT2D eigenvalue weighted by molar-refractivity contribution is -0.141. The Morgan fingerprint density at radius 2 is 1.95 bits per heavy atom. The molecule has 1 saturated carbocycles. The van der Waals surface area contributed by atoms with Crippen LogP contribution in [-0.4, -0.2) is 48.1 Å². The predicted molar refractivity (Wildman–Crippen MR) is 71.7 cm³/mol. The van der Waals surface area contributed by atoms with Crippen molar-refractivity contribution in [3.63, 3.8) is 0 Å². The van der Waals surface area contributed by atoms with Crippen LogP contribution in [0.4, 0.5) is 0 Å². The number of carbonyl (C=O) groups excluding carboxylic acids is 1. The minimum atomic E-state index is -0.762. The van der Waals surface area contributed by atoms with Crippen LogP contribution in [0, 0.1) is 11.8 Å². The second-order valence-corrected chi connectivity index (χ2v) is 5.92. The molecule has 1 unspecified atom stereocenters. The Labute approximate surface area is 114 Å². The van der Waals surface area contributed by atoms with Crippen molar-refractivity contribution in [2.45, 2.75) is 44.6 Å². The molecule has 2 rings (SSSR count). The standard InChI is InChI=1S/C14H24N2O3/c1-16-7-3-2-4-12(16)9-15-13(17)10-5-6-11(8-10)14(18)19/h10-12H,2-9H2,1H3,(H,15,17)(H,18,19)/t10-,11+,12?/m1/s1. The first kappa shape index (κ1) is 14.3. The first-order valence-corrected chi connectivity index (χ1v) is 7.28. The first-order valence-electron chi connectivity index (χ1n) is 7.28. The molecule has 0 bridgehead atoms. The van der Waals surface area contributed by atoms with Crippen molar-refractivity contribution in [2.75, 3.05) is 20.1 Å². The number of likely N-dealkylation sites (tertiary alicyclic amines) is 1. The SMILES string of the molecule is CN1CCCCC1CNC(=O)[C@@H]1CC[C@H](C(=O)O)C1. The maximum atomic E-state index is 12.0. The van der Waals surface area contributed by atoms with Gasteiger partial charge in [0.1, 0.15) is 0 Å². The van der Waals surface area contributed by atoms with Crippen LogP contribution >= 0.6 is 0 Å². The number of aliphatic carboxylic acids is 1. The zero-order valence-corrected chi connectivity index (χ0v) is 11.6. The van der Waals surface area contributed by atoms with E-state index in [0.717, 1.165) is 13.0 Å². The van der Waals surface area contributed by atoms with Gasteiger partial charge in [-0.25, -0.2) is 0 Å². The average molecular weight is 268 g/mol. The van der Waals surface area contributed by atoms with Gasteiger partial charge in [-0.2, -0.15) is 0 Å². The maximum absolute atomic E-state index is 12.0. The van der Waals surface area contributed by atoms with Crippen LogP contribution in [0.2, 0.25) is 0 Å². The lowest BCUT2D eigenvalue weighted by Crippen LogP contribution is -2.45. The van der Waals surface area contributed by atoms with E-state index >= 15 is 0 Å². The molecule has 0 spiro atoms. The Morgan fingerprint density at radius 3 is 2.58 bits per heavy atom. The number of nitrogens with zero attached hydrogens (tertiary/aromatic N) is 1. The van der Waals surface area contributed by atoms with E-state index < -0.39 is 5.97 Å². The lowest BCUT2D eigenvalue weighted by atomic mass is 10.0. The molecule has 3 atom stereocenters. The summed E-state index contributed by atoms with van der Waals surface area (Å²) in [5, 5.41) is 12.0. The summed E-state index contributed by atoms with van der Waals surface area (Å²) < 4.78 is 0. The van der Waals surface area contributed by atoms with Crippen molar-refractivity contribution in [3.05, 3.63) is 0 Å². The zero-order valence-electron chi connectivity index (χ0n) is 11.6. The predicted octanol–water partition coefficient (Wildman–Crippen LogP) is 1.09. The smallest absolute Gasteiger partial charge is 0.306 e. The number of likely N-dealkylation sites (N-methyl/N-ethyl adjacent to an activating group) is 1. The van der Waals surface area contributed by atoms with Crippen LogP contribution in [0.5, 0.6) is 0 Å². The molecule has 2 N–H and O–H groups in total. The molecule has 19 heavy (non-hydrogen) atoms. The highest BCUT2D eigenvalue weighted by Crippen LogP contribution is 2.31. The molecule has 1 amide bonds. The molecule has 5 nitrogen and oxygen atoms in total. The van der Waals surface area contributed by atoms with E-state index in [1.165, 1.54) is 12.8 Å². The Kier molecular flexibility index (Phi) is 4.80. The quantitative estimate of drug-likeness (QED) is 0.800. The van der Waals surface area contributed by atoms with Gasteiger partial charge in [-0.05, 0) is 45.7 Å². The highest BCUT2D eigenvalue weighted by Gasteiger charge is 2.34. The zero-order chi connectivity index (χ0) is 13.8. The van der Waals surface area contributed by atoms with Gasteiger partial charge >= 0.3 is 5.97 Å². The summed E-state index contributed by atoms with van der Waals surface area (Å²) in [5.41, 5.74) is 0. The maximum Gasteiger partial charge on any atom is 0.306 e. The summed E-state index contributed by atoms with van der Waals surface area (Å²) >= 11 is 0. The second-order valence-electron chi connectivity index (χ2n) is 5.92. The van der Waals surface area contributed by atoms with E-state index in [1.807, 2.05) is 0 Å². The number of rotatable bonds is 4. The van der Waals surface area contributed by atoms with Gasteiger partial charge in [0.2, 0.25) is 5.91 Å². The van der Waals surface area contributed by atoms with Gasteiger partial charge in [0.15, 0.2) is 0 Å². The monoisotopic (exact) mass is 268 g/mol. The molecule has 2 aliphatic rings. The highest BCUT2D eigenvalue weighted by atomic mass is 16.4. The van der Waals surface area contributed by atoms with Crippen LogP contribution in [0.3, 0.4) is 0 Å². The molecule has 0 radical (unpaired) electrons. The molecule has 1 saturated heterocycles. The molecule has 108 valence electrons. The molecule has 1 heterocycles. The molecule has 0 aromatic rings. The number of carboxylic acid groups (broad SMARTS) is 1. The fraction of sp³-hybridized carbons (Fsp3) is 0.857. The fourth-order valence-electron chi connectivity index (χ4n) is 3.21. The molecular formula is C14H24N2O3. The Bertz CT molecular complexity index is 346. The molecule has 0 aromatic carbocycles. The van der Waals surface area contributed by atoms with E-state index in [-0.39, 0.29) is 17.7 Å². The number of hydrogen-bond acceptors (Lipinski definition) is 3. The van der Waals surface area contributed by atoms with E-state index in [4.69, 9.17) is 5.11 Å². The number of hydrogen-bond donors (Lipinski definition) is 2. The van der Waals surface area contributed by atoms with E-state index in [1.54, 1.807) is 0 Å². The number of carbonyl (C=O) groups is 2. The molecule has 1 aliphatic heterocycles. The van der Waals surface area contributed by atoms with Gasteiger partial charge in [0.05, 0.1) is 5.92 Å². The van der Waals surface area contributed by atoms with Crippen LogP contribution in [0.1, 0.15) is 38.5 Å². The largest absolute Gasteiger partial charge is 0.481 e. The van der Waals surface area contributed by atoms with Crippen LogP contribution in [-0.2, 0) is 9.59 Å². The minimum Gasteiger partial charge on any atom is -0.481 e. The summed E-state index contributed by atoms with van der Waals surface area (Å²) in [4.78, 5) is 25.2. The summed E-state index contributed by atoms with van der Waals surface area (Å²) in [7, 11) is 2.10. The lowest BCUT2D eigenvalue weighted by Gasteiger charge is -2.32. The fourth-order valence-corrected chi connectivity index (χ4v) is 3.21. The van der Waals surface area contributed by atoms with Crippen LogP contribution < -0.4 is 5.32 Å². The summed E-state index contributed by atoms with van der Waals surface area (Å²) in [6, 6.07) is 0.439. The third-order valence-electron chi connectivity index (χ3n) is 4.59. The van der Waals surface area contributed by atoms with Crippen LogP contribution in [0.15, 0.2) is 0 Å². The van der Waals surface area contributed by atoms with Gasteiger partial charge in [-0.1, -0.05) is 6.42 Å². The molecular weight excluding hydrogens is 244 g/mol. The third-order valence-corrected chi connectivity index (χ3v) is 4.59. The van der Waals surface area contributed by atoms with Crippen molar-refractivity contribution >= 4 is 11.9 Å². The molecule has 5 heteroatoms. The van der Waals surface area contributed by atoms with E-state index in [2.05, 4.69) is 17.3 Å². The first-order chi connectivity index (χ1) is 9.08. The third kappa shape index (κ3) is 3.69. The minimum absolute atomic E-state index is 0.0442. The van der Waals surface area contributed by atoms with E-state index in [0.29, 0.717) is 31.8 Å². The van der Waals surface area contributed by atoms with Crippen molar-refractivity contribution in [2.24, 2.45) is 11.8 Å². The van der Waals surface area contributed by atoms with Crippen LogP contribution in [0.25, 0.3) is 0 Å². The van der Waals surface area contributed by atoms with Crippen molar-refractivity contribution < 1.29 is 14.7 Å². The molecule has 2 fully saturated rings. The van der Waals surface area contributed by atoms with Crippen molar-refractivity contribution in [1.82, 2.24) is 10.2 Å². The number of carboxylic acids is 1. The second kappa shape index (κ2) is 6.37. The number of nitrogens with one attached hydrogen (secondary N) is 1. The van der Waals surface area contributed by atoms with E-state index in [9.17, 15) is 9.59 Å². The van der Waals surface area contributed by atoms with Gasteiger partial charge in [-0.3, -0.25) is 9.59 Å². The molecule has 1 aliphatic carbocycles. The topological polar surface area (TPSA) is 69.6 Å². The Balaban J connectivity index is 1.74. The van der Waals surface area contributed by atoms with Gasteiger partial charge in [-0.15, -0.1) is 0 Å². The van der Waals surface area contributed by atoms with Crippen molar-refractivity contribution in [3.8, 4) is 0 Å². The number of piperidine rings is 1. The van der Waals surface area contributed by atoms with Crippen molar-refractivity contribution in [1.29, 1.82) is 0 Å². The number of amides is 1. The Morgan fingerprint density at radius 1 is 1.21 bits per heavy atom. The van der Waals surface area contributed by atoms with Gasteiger partial charge < -0.3 is 15.3 Å². The average Bonchev–Trinajstić information content (AvgIpc) is 2.87. The van der Waals surface area contributed by atoms with Gasteiger partial charge in [0, 0.05) is 18.5 Å². The normalized spacial score (nSPS) is 32.2. The summed E-state index contributed by atoms with van der Waals surface area (Å²) in [6.45, 7) is 1.80. The molecule has 0 aromatic heterocycles. The summed E-state index contributed by atoms with van der Waals surface area (Å²) in [5.74, 6) is -1.15. The van der Waals surface area contributed by atoms with Gasteiger partial charge in [0.25, 0.3) is 0 Å². The Hall–Kier alpha value is -1.10. The summed E-state index contributed by atoms with van der Waals surface area (Å²) in [6.07, 6.45) is 5.46. The highest BCUT2D eigenvalue weighted by molar-refractivity contribution is 5.80.